The van der Waals surface area contributed by atoms with Gasteiger partial charge in [-0.25, -0.2) is 0 Å². The molecule has 0 saturated carbocycles. The molecule has 0 radical (unpaired) electrons. The SMILES string of the molecule is Brc1c(I)ccc2n[nH]nc12. The summed E-state index contributed by atoms with van der Waals surface area (Å²) in [5.41, 5.74) is 1.77. The van der Waals surface area contributed by atoms with Crippen molar-refractivity contribution in [2.24, 2.45) is 0 Å². The lowest BCUT2D eigenvalue weighted by molar-refractivity contribution is 0.959. The monoisotopic (exact) mass is 323 g/mol. The van der Waals surface area contributed by atoms with Crippen molar-refractivity contribution in [3.63, 3.8) is 0 Å². The van der Waals surface area contributed by atoms with Gasteiger partial charge in [0.25, 0.3) is 0 Å². The summed E-state index contributed by atoms with van der Waals surface area (Å²) in [5, 5.41) is 10.5. The van der Waals surface area contributed by atoms with Gasteiger partial charge in [0.1, 0.15) is 11.0 Å². The Labute approximate surface area is 84.8 Å². The highest BCUT2D eigenvalue weighted by atomic mass is 127. The topological polar surface area (TPSA) is 41.6 Å². The summed E-state index contributed by atoms with van der Waals surface area (Å²) in [5.74, 6) is 0. The Morgan fingerprint density at radius 2 is 2.18 bits per heavy atom. The minimum Gasteiger partial charge on any atom is -0.197 e. The molecule has 2 aromatic rings. The molecule has 0 spiro atoms. The molecule has 5 heteroatoms. The molecule has 0 fully saturated rings. The molecule has 1 aromatic carbocycles. The Kier molecular flexibility index (Phi) is 1.84. The molecule has 0 atom stereocenters. The van der Waals surface area contributed by atoms with Crippen LogP contribution in [0.2, 0.25) is 0 Å². The lowest BCUT2D eigenvalue weighted by atomic mass is 10.3. The number of halogens is 2. The van der Waals surface area contributed by atoms with Crippen LogP contribution < -0.4 is 0 Å². The predicted molar refractivity (Wildman–Crippen MR) is 54.3 cm³/mol. The van der Waals surface area contributed by atoms with E-state index in [-0.39, 0.29) is 0 Å². The number of nitrogens with one attached hydrogen (secondary N) is 1. The number of H-pyrrole nitrogens is 1. The van der Waals surface area contributed by atoms with Gasteiger partial charge in [0.05, 0.1) is 4.47 Å². The van der Waals surface area contributed by atoms with Crippen molar-refractivity contribution in [3.8, 4) is 0 Å². The molecule has 0 bridgehead atoms. The van der Waals surface area contributed by atoms with Gasteiger partial charge in [-0.3, -0.25) is 0 Å². The first-order valence-electron chi connectivity index (χ1n) is 2.93. The van der Waals surface area contributed by atoms with E-state index in [4.69, 9.17) is 0 Å². The lowest BCUT2D eigenvalue weighted by Gasteiger charge is -1.93. The highest BCUT2D eigenvalue weighted by molar-refractivity contribution is 14.1. The lowest BCUT2D eigenvalue weighted by Crippen LogP contribution is -1.76. The average Bonchev–Trinajstić information content (AvgIpc) is 2.45. The van der Waals surface area contributed by atoms with E-state index in [1.165, 1.54) is 0 Å². The van der Waals surface area contributed by atoms with Gasteiger partial charge in [0, 0.05) is 3.57 Å². The molecule has 0 unspecified atom stereocenters. The van der Waals surface area contributed by atoms with E-state index >= 15 is 0 Å². The van der Waals surface area contributed by atoms with Crippen LogP contribution in [0.5, 0.6) is 0 Å². The first-order chi connectivity index (χ1) is 5.29. The fourth-order valence-corrected chi connectivity index (χ4v) is 1.71. The van der Waals surface area contributed by atoms with Crippen molar-refractivity contribution < 1.29 is 0 Å². The van der Waals surface area contributed by atoms with Gasteiger partial charge in [0.2, 0.25) is 0 Å². The Balaban J connectivity index is 2.93. The first kappa shape index (κ1) is 7.48. The first-order valence-corrected chi connectivity index (χ1v) is 4.80. The van der Waals surface area contributed by atoms with E-state index < -0.39 is 0 Å². The number of aromatic amines is 1. The van der Waals surface area contributed by atoms with Crippen LogP contribution in [0.1, 0.15) is 0 Å². The molecular weight excluding hydrogens is 321 g/mol. The summed E-state index contributed by atoms with van der Waals surface area (Å²) < 4.78 is 2.15. The third kappa shape index (κ3) is 1.16. The summed E-state index contributed by atoms with van der Waals surface area (Å²) in [4.78, 5) is 0. The number of fused-ring (bicyclic) bond motifs is 1. The van der Waals surface area contributed by atoms with Crippen LogP contribution in [0.3, 0.4) is 0 Å². The Hall–Kier alpha value is -0.170. The maximum Gasteiger partial charge on any atom is 0.128 e. The van der Waals surface area contributed by atoms with Crippen LogP contribution >= 0.6 is 38.5 Å². The molecule has 56 valence electrons. The number of hydrogen-bond acceptors (Lipinski definition) is 2. The molecule has 1 heterocycles. The normalized spacial score (nSPS) is 10.7. The predicted octanol–water partition coefficient (Wildman–Crippen LogP) is 2.33. The van der Waals surface area contributed by atoms with E-state index in [9.17, 15) is 0 Å². The number of hydrogen-bond donors (Lipinski definition) is 1. The van der Waals surface area contributed by atoms with Crippen molar-refractivity contribution in [1.29, 1.82) is 0 Å². The van der Waals surface area contributed by atoms with Crippen molar-refractivity contribution >= 4 is 49.6 Å². The largest absolute Gasteiger partial charge is 0.197 e. The summed E-state index contributed by atoms with van der Waals surface area (Å²) in [6.45, 7) is 0. The van der Waals surface area contributed by atoms with Crippen LogP contribution in [0.4, 0.5) is 0 Å². The molecule has 1 N–H and O–H groups in total. The second kappa shape index (κ2) is 2.71. The molecule has 0 aliphatic carbocycles. The van der Waals surface area contributed by atoms with Gasteiger partial charge < -0.3 is 0 Å². The molecule has 0 amide bonds. The van der Waals surface area contributed by atoms with Gasteiger partial charge in [-0.2, -0.15) is 15.4 Å². The maximum absolute atomic E-state index is 3.99. The molecule has 3 nitrogen and oxygen atoms in total. The number of nitrogens with zero attached hydrogens (tertiary/aromatic N) is 2. The molecule has 0 saturated heterocycles. The quantitative estimate of drug-likeness (QED) is 0.756. The fourth-order valence-electron chi connectivity index (χ4n) is 0.855. The van der Waals surface area contributed by atoms with E-state index in [0.29, 0.717) is 0 Å². The summed E-state index contributed by atoms with van der Waals surface area (Å²) in [6, 6.07) is 3.93. The fraction of sp³-hybridized carbons (Fsp3) is 0. The van der Waals surface area contributed by atoms with Crippen LogP contribution in [0.15, 0.2) is 16.6 Å². The zero-order chi connectivity index (χ0) is 7.84. The van der Waals surface area contributed by atoms with Crippen molar-refractivity contribution in [2.75, 3.05) is 0 Å². The van der Waals surface area contributed by atoms with Crippen molar-refractivity contribution in [3.05, 3.63) is 20.2 Å². The van der Waals surface area contributed by atoms with Crippen molar-refractivity contribution in [1.82, 2.24) is 15.4 Å². The Morgan fingerprint density at radius 1 is 1.36 bits per heavy atom. The van der Waals surface area contributed by atoms with Crippen molar-refractivity contribution in [2.45, 2.75) is 0 Å². The van der Waals surface area contributed by atoms with Crippen LogP contribution in [0.25, 0.3) is 11.0 Å². The van der Waals surface area contributed by atoms with Crippen LogP contribution in [0, 0.1) is 3.57 Å². The van der Waals surface area contributed by atoms with E-state index in [1.54, 1.807) is 0 Å². The van der Waals surface area contributed by atoms with Crippen LogP contribution in [-0.4, -0.2) is 15.4 Å². The summed E-state index contributed by atoms with van der Waals surface area (Å²) in [7, 11) is 0. The molecule has 0 aliphatic rings. The van der Waals surface area contributed by atoms with E-state index in [2.05, 4.69) is 53.9 Å². The zero-order valence-corrected chi connectivity index (χ0v) is 9.05. The second-order valence-corrected chi connectivity index (χ2v) is 4.01. The average molecular weight is 324 g/mol. The third-order valence-electron chi connectivity index (χ3n) is 1.38. The van der Waals surface area contributed by atoms with E-state index in [1.807, 2.05) is 12.1 Å². The molecular formula is C6H3BrIN3. The summed E-state index contributed by atoms with van der Waals surface area (Å²) in [6.07, 6.45) is 0. The highest BCUT2D eigenvalue weighted by Crippen LogP contribution is 2.25. The van der Waals surface area contributed by atoms with Gasteiger partial charge in [-0.15, -0.1) is 0 Å². The Bertz CT molecular complexity index is 398. The number of rotatable bonds is 0. The smallest absolute Gasteiger partial charge is 0.128 e. The minimum atomic E-state index is 0.886. The molecule has 2 rings (SSSR count). The highest BCUT2D eigenvalue weighted by Gasteiger charge is 2.04. The summed E-state index contributed by atoms with van der Waals surface area (Å²) >= 11 is 5.67. The van der Waals surface area contributed by atoms with E-state index in [0.717, 1.165) is 19.1 Å². The maximum atomic E-state index is 3.99. The second-order valence-electron chi connectivity index (χ2n) is 2.05. The standard InChI is InChI=1S/C6H3BrIN3/c7-5-3(8)1-2-4-6(5)10-11-9-4/h1-2H,(H,9,10,11). The minimum absolute atomic E-state index is 0.886. The van der Waals surface area contributed by atoms with Gasteiger partial charge in [0.15, 0.2) is 0 Å². The third-order valence-corrected chi connectivity index (χ3v) is 3.82. The van der Waals surface area contributed by atoms with Gasteiger partial charge in [-0.05, 0) is 50.7 Å². The zero-order valence-electron chi connectivity index (χ0n) is 5.31. The molecule has 1 aromatic heterocycles. The molecule has 0 aliphatic heterocycles. The van der Waals surface area contributed by atoms with Gasteiger partial charge >= 0.3 is 0 Å². The van der Waals surface area contributed by atoms with Crippen LogP contribution in [-0.2, 0) is 0 Å². The number of aromatic nitrogens is 3. The van der Waals surface area contributed by atoms with Gasteiger partial charge in [-0.1, -0.05) is 0 Å². The molecule has 11 heavy (non-hydrogen) atoms. The number of benzene rings is 1. The Morgan fingerprint density at radius 3 is 3.00 bits per heavy atom.